The van der Waals surface area contributed by atoms with E-state index in [1.54, 1.807) is 11.3 Å². The molecule has 0 saturated carbocycles. The fraction of sp³-hybridized carbons (Fsp3) is 0.750. The van der Waals surface area contributed by atoms with E-state index in [2.05, 4.69) is 22.2 Å². The summed E-state index contributed by atoms with van der Waals surface area (Å²) in [7, 11) is 0. The Labute approximate surface area is 102 Å². The highest BCUT2D eigenvalue weighted by Crippen LogP contribution is 2.16. The number of hydrogen-bond donors (Lipinski definition) is 1. The third kappa shape index (κ3) is 3.27. The van der Waals surface area contributed by atoms with Crippen LogP contribution >= 0.6 is 11.3 Å². The molecule has 1 aromatic heterocycles. The Morgan fingerprint density at radius 2 is 2.50 bits per heavy atom. The fourth-order valence-corrected chi connectivity index (χ4v) is 3.10. The second-order valence-corrected chi connectivity index (χ2v) is 5.68. The molecule has 4 heteroatoms. The summed E-state index contributed by atoms with van der Waals surface area (Å²) in [5.74, 6) is 0.865. The summed E-state index contributed by atoms with van der Waals surface area (Å²) < 4.78 is 0. The van der Waals surface area contributed by atoms with Gasteiger partial charge in [0.1, 0.15) is 0 Å². The van der Waals surface area contributed by atoms with Gasteiger partial charge in [-0.05, 0) is 25.3 Å². The van der Waals surface area contributed by atoms with Gasteiger partial charge >= 0.3 is 0 Å². The molecule has 16 heavy (non-hydrogen) atoms. The van der Waals surface area contributed by atoms with E-state index in [1.807, 2.05) is 0 Å². The van der Waals surface area contributed by atoms with Crippen molar-refractivity contribution >= 4 is 11.3 Å². The molecule has 1 saturated heterocycles. The maximum absolute atomic E-state index is 5.55. The highest BCUT2D eigenvalue weighted by molar-refractivity contribution is 7.09. The van der Waals surface area contributed by atoms with Crippen molar-refractivity contribution in [2.75, 3.05) is 19.6 Å². The molecule has 0 bridgehead atoms. The number of rotatable bonds is 4. The second kappa shape index (κ2) is 5.75. The topological polar surface area (TPSA) is 42.2 Å². The molecule has 2 rings (SSSR count). The minimum atomic E-state index is 0.567. The first-order chi connectivity index (χ1) is 7.78. The van der Waals surface area contributed by atoms with Gasteiger partial charge in [0.25, 0.3) is 0 Å². The van der Waals surface area contributed by atoms with Crippen molar-refractivity contribution < 1.29 is 0 Å². The minimum absolute atomic E-state index is 0.567. The predicted molar refractivity (Wildman–Crippen MR) is 68.5 cm³/mol. The highest BCUT2D eigenvalue weighted by atomic mass is 32.1. The Hall–Kier alpha value is -0.450. The van der Waals surface area contributed by atoms with Crippen LogP contribution in [0.5, 0.6) is 0 Å². The molecule has 1 aromatic rings. The number of hydrogen-bond acceptors (Lipinski definition) is 4. The lowest BCUT2D eigenvalue weighted by Crippen LogP contribution is -2.35. The first kappa shape index (κ1) is 12.0. The first-order valence-corrected chi connectivity index (χ1v) is 7.01. The van der Waals surface area contributed by atoms with E-state index in [0.29, 0.717) is 6.54 Å². The van der Waals surface area contributed by atoms with Gasteiger partial charge in [0.05, 0.1) is 10.7 Å². The fourth-order valence-electron chi connectivity index (χ4n) is 2.30. The summed E-state index contributed by atoms with van der Waals surface area (Å²) in [4.78, 5) is 7.07. The van der Waals surface area contributed by atoms with Crippen LogP contribution in [0, 0.1) is 5.92 Å². The minimum Gasteiger partial charge on any atom is -0.325 e. The van der Waals surface area contributed by atoms with Crippen LogP contribution in [0.2, 0.25) is 0 Å². The van der Waals surface area contributed by atoms with Crippen LogP contribution in [0.3, 0.4) is 0 Å². The Bertz CT molecular complexity index is 324. The van der Waals surface area contributed by atoms with Gasteiger partial charge in [0.2, 0.25) is 0 Å². The van der Waals surface area contributed by atoms with Crippen LogP contribution in [-0.4, -0.2) is 29.5 Å². The molecule has 2 heterocycles. The number of thiazole rings is 1. The zero-order chi connectivity index (χ0) is 11.4. The smallest absolute Gasteiger partial charge is 0.0941 e. The van der Waals surface area contributed by atoms with Gasteiger partial charge in [-0.2, -0.15) is 0 Å². The van der Waals surface area contributed by atoms with Crippen molar-refractivity contribution in [1.29, 1.82) is 0 Å². The van der Waals surface area contributed by atoms with Crippen molar-refractivity contribution in [3.8, 4) is 0 Å². The van der Waals surface area contributed by atoms with Gasteiger partial charge in [-0.15, -0.1) is 11.3 Å². The van der Waals surface area contributed by atoms with Crippen molar-refractivity contribution in [2.45, 2.75) is 32.7 Å². The number of nitrogens with zero attached hydrogens (tertiary/aromatic N) is 2. The normalized spacial score (nSPS) is 22.5. The zero-order valence-electron chi connectivity index (χ0n) is 9.98. The van der Waals surface area contributed by atoms with Gasteiger partial charge in [-0.1, -0.05) is 6.92 Å². The van der Waals surface area contributed by atoms with Crippen LogP contribution in [0.1, 0.15) is 30.5 Å². The van der Waals surface area contributed by atoms with Gasteiger partial charge in [-0.3, -0.25) is 0 Å². The van der Waals surface area contributed by atoms with E-state index in [1.165, 1.54) is 30.9 Å². The van der Waals surface area contributed by atoms with E-state index in [9.17, 15) is 0 Å². The zero-order valence-corrected chi connectivity index (χ0v) is 10.8. The van der Waals surface area contributed by atoms with Crippen LogP contribution in [-0.2, 0) is 13.0 Å². The molecule has 0 aliphatic carbocycles. The maximum atomic E-state index is 5.55. The standard InChI is InChI=1S/C12H21N3S/c1-10-3-2-5-15(8-10)6-4-12-14-11(7-13)9-16-12/h9-10H,2-8,13H2,1H3. The number of nitrogens with two attached hydrogens (primary N) is 1. The number of piperidine rings is 1. The van der Waals surface area contributed by atoms with Crippen molar-refractivity contribution in [3.05, 3.63) is 16.1 Å². The second-order valence-electron chi connectivity index (χ2n) is 4.73. The Kier molecular flexibility index (Phi) is 4.32. The Morgan fingerprint density at radius 3 is 3.19 bits per heavy atom. The maximum Gasteiger partial charge on any atom is 0.0941 e. The molecule has 0 spiro atoms. The van der Waals surface area contributed by atoms with Gasteiger partial charge in [0, 0.05) is 31.4 Å². The third-order valence-corrected chi connectivity index (χ3v) is 4.15. The quantitative estimate of drug-likeness (QED) is 0.872. The van der Waals surface area contributed by atoms with E-state index < -0.39 is 0 Å². The molecule has 0 radical (unpaired) electrons. The molecule has 1 atom stereocenters. The van der Waals surface area contributed by atoms with Gasteiger partial charge in [-0.25, -0.2) is 4.98 Å². The molecular formula is C12H21N3S. The van der Waals surface area contributed by atoms with Gasteiger partial charge < -0.3 is 10.6 Å². The van der Waals surface area contributed by atoms with Crippen LogP contribution < -0.4 is 5.73 Å². The third-order valence-electron chi connectivity index (χ3n) is 3.19. The summed E-state index contributed by atoms with van der Waals surface area (Å²) in [6, 6.07) is 0. The largest absolute Gasteiger partial charge is 0.325 e. The molecule has 1 unspecified atom stereocenters. The van der Waals surface area contributed by atoms with E-state index in [4.69, 9.17) is 5.73 Å². The van der Waals surface area contributed by atoms with Crippen LogP contribution in [0.25, 0.3) is 0 Å². The summed E-state index contributed by atoms with van der Waals surface area (Å²) >= 11 is 1.75. The molecule has 0 aromatic carbocycles. The SMILES string of the molecule is CC1CCCN(CCc2nc(CN)cs2)C1. The molecule has 3 nitrogen and oxygen atoms in total. The average Bonchev–Trinajstić information content (AvgIpc) is 2.74. The summed E-state index contributed by atoms with van der Waals surface area (Å²) in [6.07, 6.45) is 3.83. The average molecular weight is 239 g/mol. The lowest BCUT2D eigenvalue weighted by atomic mass is 10.0. The lowest BCUT2D eigenvalue weighted by molar-refractivity contribution is 0.186. The first-order valence-electron chi connectivity index (χ1n) is 6.13. The number of likely N-dealkylation sites (tertiary alicyclic amines) is 1. The predicted octanol–water partition coefficient (Wildman–Crippen LogP) is 1.88. The van der Waals surface area contributed by atoms with E-state index in [0.717, 1.165) is 24.6 Å². The highest BCUT2D eigenvalue weighted by Gasteiger charge is 2.16. The van der Waals surface area contributed by atoms with Crippen molar-refractivity contribution in [3.63, 3.8) is 0 Å². The van der Waals surface area contributed by atoms with Crippen molar-refractivity contribution in [2.24, 2.45) is 11.7 Å². The molecule has 90 valence electrons. The molecule has 1 fully saturated rings. The summed E-state index contributed by atoms with van der Waals surface area (Å²) in [5, 5.41) is 3.31. The monoisotopic (exact) mass is 239 g/mol. The molecular weight excluding hydrogens is 218 g/mol. The Balaban J connectivity index is 1.78. The van der Waals surface area contributed by atoms with Crippen LogP contribution in [0.15, 0.2) is 5.38 Å². The van der Waals surface area contributed by atoms with Gasteiger partial charge in [0.15, 0.2) is 0 Å². The van der Waals surface area contributed by atoms with E-state index >= 15 is 0 Å². The van der Waals surface area contributed by atoms with Crippen molar-refractivity contribution in [1.82, 2.24) is 9.88 Å². The van der Waals surface area contributed by atoms with E-state index in [-0.39, 0.29) is 0 Å². The molecule has 0 amide bonds. The molecule has 1 aliphatic heterocycles. The molecule has 1 aliphatic rings. The summed E-state index contributed by atoms with van der Waals surface area (Å²) in [6.45, 7) is 6.59. The summed E-state index contributed by atoms with van der Waals surface area (Å²) in [5.41, 5.74) is 6.59. The Morgan fingerprint density at radius 1 is 1.62 bits per heavy atom. The lowest BCUT2D eigenvalue weighted by Gasteiger charge is -2.30. The molecule has 2 N–H and O–H groups in total. The number of aromatic nitrogens is 1. The van der Waals surface area contributed by atoms with Crippen LogP contribution in [0.4, 0.5) is 0 Å².